The highest BCUT2D eigenvalue weighted by molar-refractivity contribution is 7.16. The molecule has 0 spiro atoms. The maximum Gasteiger partial charge on any atom is 0.187 e. The van der Waals surface area contributed by atoms with Crippen LogP contribution in [-0.2, 0) is 6.42 Å². The Kier molecular flexibility index (Phi) is 5.01. The zero-order valence-electron chi connectivity index (χ0n) is 14.0. The zero-order valence-corrected chi connectivity index (χ0v) is 14.8. The standard InChI is InChI=1S/C19H20N2O2S/c1-4-17-18(13-8-6-5-7-9-13)21-19(24-17)20-14-10-11-15(22-2)16(12-14)23-3/h5-12H,4H2,1-3H3,(H,20,21). The average Bonchev–Trinajstić information content (AvgIpc) is 3.05. The number of hydrogen-bond acceptors (Lipinski definition) is 5. The van der Waals surface area contributed by atoms with Crippen molar-refractivity contribution in [2.24, 2.45) is 0 Å². The predicted octanol–water partition coefficient (Wildman–Crippen LogP) is 5.13. The second-order valence-corrected chi connectivity index (χ2v) is 6.29. The molecular formula is C19H20N2O2S. The summed E-state index contributed by atoms with van der Waals surface area (Å²) in [7, 11) is 3.26. The van der Waals surface area contributed by atoms with Gasteiger partial charge in [0.2, 0.25) is 0 Å². The first-order chi connectivity index (χ1) is 11.7. The summed E-state index contributed by atoms with van der Waals surface area (Å²) >= 11 is 1.68. The summed E-state index contributed by atoms with van der Waals surface area (Å²) in [6.45, 7) is 2.15. The summed E-state index contributed by atoms with van der Waals surface area (Å²) in [5.41, 5.74) is 3.11. The molecule has 124 valence electrons. The van der Waals surface area contributed by atoms with Gasteiger partial charge >= 0.3 is 0 Å². The van der Waals surface area contributed by atoms with Crippen molar-refractivity contribution in [1.82, 2.24) is 4.98 Å². The summed E-state index contributed by atoms with van der Waals surface area (Å²) < 4.78 is 10.6. The van der Waals surface area contributed by atoms with Gasteiger partial charge in [0.05, 0.1) is 19.9 Å². The zero-order chi connectivity index (χ0) is 16.9. The number of aromatic nitrogens is 1. The van der Waals surface area contributed by atoms with Crippen LogP contribution in [0.2, 0.25) is 0 Å². The van der Waals surface area contributed by atoms with E-state index >= 15 is 0 Å². The number of rotatable bonds is 6. The van der Waals surface area contributed by atoms with Crippen molar-refractivity contribution in [3.8, 4) is 22.8 Å². The average molecular weight is 340 g/mol. The Morgan fingerprint density at radius 1 is 1.00 bits per heavy atom. The molecule has 0 amide bonds. The molecule has 0 aliphatic carbocycles. The third-order valence-corrected chi connectivity index (χ3v) is 4.82. The van der Waals surface area contributed by atoms with E-state index in [1.165, 1.54) is 4.88 Å². The lowest BCUT2D eigenvalue weighted by Gasteiger charge is -2.09. The smallest absolute Gasteiger partial charge is 0.187 e. The largest absolute Gasteiger partial charge is 0.493 e. The molecule has 1 heterocycles. The van der Waals surface area contributed by atoms with E-state index in [0.717, 1.165) is 28.5 Å². The molecular weight excluding hydrogens is 320 g/mol. The fourth-order valence-corrected chi connectivity index (χ4v) is 3.45. The van der Waals surface area contributed by atoms with Crippen molar-refractivity contribution in [1.29, 1.82) is 0 Å². The van der Waals surface area contributed by atoms with E-state index in [9.17, 15) is 0 Å². The summed E-state index contributed by atoms with van der Waals surface area (Å²) in [6.07, 6.45) is 0.954. The van der Waals surface area contributed by atoms with Crippen LogP contribution in [0.1, 0.15) is 11.8 Å². The number of thiazole rings is 1. The van der Waals surface area contributed by atoms with Crippen LogP contribution in [0.15, 0.2) is 48.5 Å². The third kappa shape index (κ3) is 3.36. The molecule has 0 unspecified atom stereocenters. The van der Waals surface area contributed by atoms with Gasteiger partial charge in [-0.15, -0.1) is 11.3 Å². The molecule has 3 rings (SSSR count). The normalized spacial score (nSPS) is 10.5. The Morgan fingerprint density at radius 3 is 2.42 bits per heavy atom. The number of nitrogens with zero attached hydrogens (tertiary/aromatic N) is 1. The molecule has 3 aromatic rings. The van der Waals surface area contributed by atoms with E-state index in [-0.39, 0.29) is 0 Å². The number of anilines is 2. The second-order valence-electron chi connectivity index (χ2n) is 5.21. The Labute approximate surface area is 146 Å². The predicted molar refractivity (Wildman–Crippen MR) is 99.8 cm³/mol. The van der Waals surface area contributed by atoms with Crippen molar-refractivity contribution in [3.05, 3.63) is 53.4 Å². The maximum atomic E-state index is 5.35. The Morgan fingerprint density at radius 2 is 1.75 bits per heavy atom. The molecule has 2 aromatic carbocycles. The number of hydrogen-bond donors (Lipinski definition) is 1. The van der Waals surface area contributed by atoms with Crippen molar-refractivity contribution in [3.63, 3.8) is 0 Å². The van der Waals surface area contributed by atoms with Crippen LogP contribution >= 0.6 is 11.3 Å². The van der Waals surface area contributed by atoms with Gasteiger partial charge in [-0.25, -0.2) is 4.98 Å². The Hall–Kier alpha value is -2.53. The fourth-order valence-electron chi connectivity index (χ4n) is 2.50. The Balaban J connectivity index is 1.90. The lowest BCUT2D eigenvalue weighted by Crippen LogP contribution is -1.94. The summed E-state index contributed by atoms with van der Waals surface area (Å²) in [5.74, 6) is 1.40. The Bertz CT molecular complexity index is 815. The highest BCUT2D eigenvalue weighted by Crippen LogP contribution is 2.35. The minimum absolute atomic E-state index is 0.693. The monoisotopic (exact) mass is 340 g/mol. The van der Waals surface area contributed by atoms with Gasteiger partial charge in [0.15, 0.2) is 16.6 Å². The molecule has 0 bridgehead atoms. The first-order valence-electron chi connectivity index (χ1n) is 7.79. The first kappa shape index (κ1) is 16.3. The first-order valence-corrected chi connectivity index (χ1v) is 8.61. The van der Waals surface area contributed by atoms with E-state index in [0.29, 0.717) is 11.5 Å². The van der Waals surface area contributed by atoms with Crippen LogP contribution in [0.25, 0.3) is 11.3 Å². The molecule has 1 aromatic heterocycles. The van der Waals surface area contributed by atoms with Crippen LogP contribution in [0, 0.1) is 0 Å². The van der Waals surface area contributed by atoms with Gasteiger partial charge in [-0.2, -0.15) is 0 Å². The highest BCUT2D eigenvalue weighted by Gasteiger charge is 2.12. The van der Waals surface area contributed by atoms with Crippen molar-refractivity contribution >= 4 is 22.2 Å². The summed E-state index contributed by atoms with van der Waals surface area (Å²) in [4.78, 5) is 6.05. The molecule has 24 heavy (non-hydrogen) atoms. The van der Waals surface area contributed by atoms with Gasteiger partial charge in [0, 0.05) is 22.2 Å². The van der Waals surface area contributed by atoms with Gasteiger partial charge in [0.25, 0.3) is 0 Å². The van der Waals surface area contributed by atoms with Gasteiger partial charge in [0.1, 0.15) is 0 Å². The molecule has 0 atom stereocenters. The van der Waals surface area contributed by atoms with Gasteiger partial charge in [-0.05, 0) is 18.6 Å². The van der Waals surface area contributed by atoms with Gasteiger partial charge in [-0.3, -0.25) is 0 Å². The van der Waals surface area contributed by atoms with E-state index in [4.69, 9.17) is 14.5 Å². The van der Waals surface area contributed by atoms with Crippen molar-refractivity contribution in [2.75, 3.05) is 19.5 Å². The topological polar surface area (TPSA) is 43.4 Å². The fraction of sp³-hybridized carbons (Fsp3) is 0.211. The SMILES string of the molecule is CCc1sc(Nc2ccc(OC)c(OC)c2)nc1-c1ccccc1. The lowest BCUT2D eigenvalue weighted by molar-refractivity contribution is 0.355. The molecule has 1 N–H and O–H groups in total. The third-order valence-electron chi connectivity index (χ3n) is 3.70. The minimum Gasteiger partial charge on any atom is -0.493 e. The molecule has 0 radical (unpaired) electrons. The van der Waals surface area contributed by atoms with E-state index in [1.807, 2.05) is 36.4 Å². The molecule has 0 fully saturated rings. The molecule has 0 aliphatic rings. The van der Waals surface area contributed by atoms with Crippen LogP contribution < -0.4 is 14.8 Å². The number of benzene rings is 2. The number of ether oxygens (including phenoxy) is 2. The molecule has 0 saturated carbocycles. The maximum absolute atomic E-state index is 5.35. The van der Waals surface area contributed by atoms with Gasteiger partial charge in [-0.1, -0.05) is 37.3 Å². The number of aryl methyl sites for hydroxylation is 1. The second kappa shape index (κ2) is 7.36. The van der Waals surface area contributed by atoms with E-state index < -0.39 is 0 Å². The highest BCUT2D eigenvalue weighted by atomic mass is 32.1. The van der Waals surface area contributed by atoms with Crippen LogP contribution in [0.5, 0.6) is 11.5 Å². The van der Waals surface area contributed by atoms with Gasteiger partial charge < -0.3 is 14.8 Å². The molecule has 5 heteroatoms. The number of nitrogens with one attached hydrogen (secondary N) is 1. The van der Waals surface area contributed by atoms with E-state index in [1.54, 1.807) is 25.6 Å². The van der Waals surface area contributed by atoms with Crippen LogP contribution in [-0.4, -0.2) is 19.2 Å². The molecule has 4 nitrogen and oxygen atoms in total. The molecule has 0 aliphatic heterocycles. The minimum atomic E-state index is 0.693. The van der Waals surface area contributed by atoms with E-state index in [2.05, 4.69) is 24.4 Å². The van der Waals surface area contributed by atoms with Crippen LogP contribution in [0.3, 0.4) is 0 Å². The quantitative estimate of drug-likeness (QED) is 0.675. The summed E-state index contributed by atoms with van der Waals surface area (Å²) in [5, 5.41) is 4.24. The molecule has 0 saturated heterocycles. The number of methoxy groups -OCH3 is 2. The van der Waals surface area contributed by atoms with Crippen molar-refractivity contribution in [2.45, 2.75) is 13.3 Å². The lowest BCUT2D eigenvalue weighted by atomic mass is 10.1. The van der Waals surface area contributed by atoms with Crippen molar-refractivity contribution < 1.29 is 9.47 Å². The summed E-state index contributed by atoms with van der Waals surface area (Å²) in [6, 6.07) is 16.0. The van der Waals surface area contributed by atoms with Crippen LogP contribution in [0.4, 0.5) is 10.8 Å².